The van der Waals surface area contributed by atoms with Gasteiger partial charge in [-0.1, -0.05) is 24.6 Å². The molecule has 4 heteroatoms. The summed E-state index contributed by atoms with van der Waals surface area (Å²) in [7, 11) is 0. The monoisotopic (exact) mass is 303 g/mol. The van der Waals surface area contributed by atoms with Crippen LogP contribution in [0.1, 0.15) is 25.0 Å². The van der Waals surface area contributed by atoms with Crippen molar-refractivity contribution in [2.45, 2.75) is 44.7 Å². The van der Waals surface area contributed by atoms with Crippen LogP contribution in [0.2, 0.25) is 0 Å². The van der Waals surface area contributed by atoms with Gasteiger partial charge in [-0.3, -0.25) is 4.68 Å². The van der Waals surface area contributed by atoms with E-state index in [2.05, 4.69) is 61.6 Å². The fourth-order valence-electron chi connectivity index (χ4n) is 2.28. The van der Waals surface area contributed by atoms with Gasteiger partial charge in [0.2, 0.25) is 0 Å². The summed E-state index contributed by atoms with van der Waals surface area (Å²) < 4.78 is 1.99. The number of aryl methyl sites for hydroxylation is 2. The van der Waals surface area contributed by atoms with Gasteiger partial charge in [-0.15, -0.1) is 11.8 Å². The van der Waals surface area contributed by atoms with Gasteiger partial charge in [0, 0.05) is 29.4 Å². The van der Waals surface area contributed by atoms with Gasteiger partial charge in [-0.25, -0.2) is 0 Å². The largest absolute Gasteiger partial charge is 0.313 e. The van der Waals surface area contributed by atoms with Crippen LogP contribution in [-0.4, -0.2) is 28.1 Å². The molecule has 21 heavy (non-hydrogen) atoms. The zero-order valence-electron chi connectivity index (χ0n) is 13.2. The molecule has 0 amide bonds. The van der Waals surface area contributed by atoms with E-state index in [0.717, 1.165) is 25.3 Å². The lowest BCUT2D eigenvalue weighted by molar-refractivity contribution is 0.572. The Labute approximate surface area is 132 Å². The van der Waals surface area contributed by atoms with Crippen LogP contribution in [0.3, 0.4) is 0 Å². The first kappa shape index (κ1) is 16.1. The smallest absolute Gasteiger partial charge is 0.0522 e. The molecule has 0 saturated heterocycles. The molecule has 1 aromatic heterocycles. The second-order valence-electron chi connectivity index (χ2n) is 5.29. The summed E-state index contributed by atoms with van der Waals surface area (Å²) in [6.45, 7) is 8.34. The van der Waals surface area contributed by atoms with Crippen LogP contribution < -0.4 is 5.32 Å². The Hall–Kier alpha value is -1.26. The number of nitrogens with one attached hydrogen (secondary N) is 1. The normalized spacial score (nSPS) is 12.5. The first-order valence-corrected chi connectivity index (χ1v) is 8.64. The molecule has 0 aliphatic rings. The minimum atomic E-state index is 0.482. The minimum Gasteiger partial charge on any atom is -0.313 e. The van der Waals surface area contributed by atoms with Gasteiger partial charge in [0.05, 0.1) is 6.20 Å². The van der Waals surface area contributed by atoms with Crippen molar-refractivity contribution in [1.82, 2.24) is 15.1 Å². The van der Waals surface area contributed by atoms with E-state index in [1.807, 2.05) is 22.6 Å². The highest BCUT2D eigenvalue weighted by atomic mass is 32.2. The molecule has 0 fully saturated rings. The molecular weight excluding hydrogens is 278 g/mol. The van der Waals surface area contributed by atoms with Crippen LogP contribution in [0, 0.1) is 6.92 Å². The maximum atomic E-state index is 4.36. The van der Waals surface area contributed by atoms with E-state index in [-0.39, 0.29) is 0 Å². The Balaban J connectivity index is 1.90. The number of hydrogen-bond acceptors (Lipinski definition) is 3. The minimum absolute atomic E-state index is 0.482. The standard InChI is InChI=1S/C17H25N3S/c1-4-18-16(10-15-11-19-20(5-2)12-15)13-21-17-8-6-14(3)7-9-17/h6-9,11-12,16,18H,4-5,10,13H2,1-3H3. The van der Waals surface area contributed by atoms with E-state index in [1.165, 1.54) is 16.0 Å². The van der Waals surface area contributed by atoms with Crippen LogP contribution in [-0.2, 0) is 13.0 Å². The molecule has 0 radical (unpaired) electrons. The summed E-state index contributed by atoms with van der Waals surface area (Å²) in [6.07, 6.45) is 5.18. The zero-order valence-corrected chi connectivity index (χ0v) is 14.0. The maximum Gasteiger partial charge on any atom is 0.0522 e. The lowest BCUT2D eigenvalue weighted by Crippen LogP contribution is -2.33. The number of aromatic nitrogens is 2. The molecule has 2 aromatic rings. The first-order chi connectivity index (χ1) is 10.2. The predicted molar refractivity (Wildman–Crippen MR) is 91.0 cm³/mol. The van der Waals surface area contributed by atoms with Crippen molar-refractivity contribution < 1.29 is 0 Å². The van der Waals surface area contributed by atoms with Crippen LogP contribution in [0.25, 0.3) is 0 Å². The second-order valence-corrected chi connectivity index (χ2v) is 6.38. The quantitative estimate of drug-likeness (QED) is 0.757. The van der Waals surface area contributed by atoms with Gasteiger partial charge in [0.25, 0.3) is 0 Å². The lowest BCUT2D eigenvalue weighted by Gasteiger charge is -2.16. The molecule has 0 saturated carbocycles. The third-order valence-corrected chi connectivity index (χ3v) is 4.63. The van der Waals surface area contributed by atoms with Crippen molar-refractivity contribution >= 4 is 11.8 Å². The fourth-order valence-corrected chi connectivity index (χ4v) is 3.24. The van der Waals surface area contributed by atoms with Gasteiger partial charge in [-0.05, 0) is 44.5 Å². The third-order valence-electron chi connectivity index (χ3n) is 3.46. The Kier molecular flexibility index (Phi) is 6.33. The molecule has 0 spiro atoms. The molecule has 114 valence electrons. The van der Waals surface area contributed by atoms with Crippen LogP contribution in [0.4, 0.5) is 0 Å². The van der Waals surface area contributed by atoms with Crippen LogP contribution >= 0.6 is 11.8 Å². The number of rotatable bonds is 8. The van der Waals surface area contributed by atoms with Crippen molar-refractivity contribution in [3.63, 3.8) is 0 Å². The summed E-state index contributed by atoms with van der Waals surface area (Å²) in [4.78, 5) is 1.34. The maximum absolute atomic E-state index is 4.36. The molecule has 0 aliphatic heterocycles. The van der Waals surface area contributed by atoms with E-state index in [0.29, 0.717) is 6.04 Å². The van der Waals surface area contributed by atoms with E-state index in [1.54, 1.807) is 0 Å². The molecule has 1 unspecified atom stereocenters. The van der Waals surface area contributed by atoms with E-state index < -0.39 is 0 Å². The average Bonchev–Trinajstić information content (AvgIpc) is 2.94. The van der Waals surface area contributed by atoms with Gasteiger partial charge < -0.3 is 5.32 Å². The van der Waals surface area contributed by atoms with Gasteiger partial charge >= 0.3 is 0 Å². The van der Waals surface area contributed by atoms with Gasteiger partial charge in [0.1, 0.15) is 0 Å². The highest BCUT2D eigenvalue weighted by molar-refractivity contribution is 7.99. The van der Waals surface area contributed by atoms with Crippen molar-refractivity contribution in [3.8, 4) is 0 Å². The van der Waals surface area contributed by atoms with Crippen LogP contribution in [0.5, 0.6) is 0 Å². The highest BCUT2D eigenvalue weighted by Gasteiger charge is 2.10. The van der Waals surface area contributed by atoms with Crippen molar-refractivity contribution in [2.75, 3.05) is 12.3 Å². The fraction of sp³-hybridized carbons (Fsp3) is 0.471. The van der Waals surface area contributed by atoms with E-state index in [9.17, 15) is 0 Å². The Bertz CT molecular complexity index is 533. The first-order valence-electron chi connectivity index (χ1n) is 7.65. The van der Waals surface area contributed by atoms with Crippen molar-refractivity contribution in [2.24, 2.45) is 0 Å². The SMILES string of the molecule is CCNC(CSc1ccc(C)cc1)Cc1cnn(CC)c1. The number of hydrogen-bond donors (Lipinski definition) is 1. The number of likely N-dealkylation sites (N-methyl/N-ethyl adjacent to an activating group) is 1. The van der Waals surface area contributed by atoms with Crippen molar-refractivity contribution in [3.05, 3.63) is 47.8 Å². The summed E-state index contributed by atoms with van der Waals surface area (Å²) in [6, 6.07) is 9.25. The molecule has 0 aliphatic carbocycles. The lowest BCUT2D eigenvalue weighted by atomic mass is 10.1. The Morgan fingerprint density at radius 3 is 2.62 bits per heavy atom. The molecule has 1 N–H and O–H groups in total. The number of nitrogens with zero attached hydrogens (tertiary/aromatic N) is 2. The Morgan fingerprint density at radius 2 is 2.00 bits per heavy atom. The molecule has 2 rings (SSSR count). The van der Waals surface area contributed by atoms with Crippen molar-refractivity contribution in [1.29, 1.82) is 0 Å². The van der Waals surface area contributed by atoms with Crippen LogP contribution in [0.15, 0.2) is 41.6 Å². The molecule has 1 heterocycles. The highest BCUT2D eigenvalue weighted by Crippen LogP contribution is 2.20. The molecule has 1 atom stereocenters. The number of benzene rings is 1. The third kappa shape index (κ3) is 5.21. The Morgan fingerprint density at radius 1 is 1.24 bits per heavy atom. The topological polar surface area (TPSA) is 29.9 Å². The summed E-state index contributed by atoms with van der Waals surface area (Å²) in [5, 5.41) is 7.94. The van der Waals surface area contributed by atoms with E-state index >= 15 is 0 Å². The molecule has 0 bridgehead atoms. The van der Waals surface area contributed by atoms with Gasteiger partial charge in [0.15, 0.2) is 0 Å². The predicted octanol–water partition coefficient (Wildman–Crippen LogP) is 3.52. The molecule has 3 nitrogen and oxygen atoms in total. The number of thioether (sulfide) groups is 1. The molecular formula is C17H25N3S. The summed E-state index contributed by atoms with van der Waals surface area (Å²) >= 11 is 1.92. The second kappa shape index (κ2) is 8.25. The molecule has 1 aromatic carbocycles. The summed E-state index contributed by atoms with van der Waals surface area (Å²) in [5.74, 6) is 1.08. The average molecular weight is 303 g/mol. The zero-order chi connectivity index (χ0) is 15.1. The van der Waals surface area contributed by atoms with Gasteiger partial charge in [-0.2, -0.15) is 5.10 Å². The summed E-state index contributed by atoms with van der Waals surface area (Å²) in [5.41, 5.74) is 2.63. The van der Waals surface area contributed by atoms with E-state index in [4.69, 9.17) is 0 Å².